The number of halogens is 2. The summed E-state index contributed by atoms with van der Waals surface area (Å²) in [6.07, 6.45) is 0. The van der Waals surface area contributed by atoms with Crippen LogP contribution in [0.15, 0.2) is 36.4 Å². The Morgan fingerprint density at radius 1 is 1.20 bits per heavy atom. The second kappa shape index (κ2) is 4.72. The zero-order chi connectivity index (χ0) is 14.3. The average molecular weight is 292 g/mol. The Kier molecular flexibility index (Phi) is 3.02. The second-order valence-corrected chi connectivity index (χ2v) is 4.61. The van der Waals surface area contributed by atoms with E-state index in [1.54, 1.807) is 24.3 Å². The Bertz CT molecular complexity index is 854. The van der Waals surface area contributed by atoms with Crippen LogP contribution in [-0.2, 0) is 0 Å². The van der Waals surface area contributed by atoms with E-state index in [2.05, 4.69) is 4.98 Å². The lowest BCUT2D eigenvalue weighted by Gasteiger charge is -2.07. The number of imidazole rings is 1. The molecule has 6 heteroatoms. The first-order valence-corrected chi connectivity index (χ1v) is 6.26. The summed E-state index contributed by atoms with van der Waals surface area (Å²) < 4.78 is 34.4. The van der Waals surface area contributed by atoms with Crippen LogP contribution in [0.3, 0.4) is 0 Å². The third kappa shape index (κ3) is 1.89. The largest absolute Gasteiger partial charge is 0.497 e. The predicted molar refractivity (Wildman–Crippen MR) is 74.9 cm³/mol. The summed E-state index contributed by atoms with van der Waals surface area (Å²) in [6.45, 7) is 0. The Morgan fingerprint density at radius 3 is 2.75 bits per heavy atom. The van der Waals surface area contributed by atoms with Gasteiger partial charge in [-0.1, -0.05) is 6.07 Å². The van der Waals surface area contributed by atoms with Crippen molar-refractivity contribution in [2.24, 2.45) is 0 Å². The van der Waals surface area contributed by atoms with Gasteiger partial charge in [0.05, 0.1) is 18.3 Å². The van der Waals surface area contributed by atoms with Crippen molar-refractivity contribution in [3.05, 3.63) is 52.8 Å². The Labute approximate surface area is 118 Å². The summed E-state index contributed by atoms with van der Waals surface area (Å²) in [6, 6.07) is 9.49. The first-order chi connectivity index (χ1) is 9.61. The molecule has 0 aliphatic rings. The van der Waals surface area contributed by atoms with Gasteiger partial charge in [0.1, 0.15) is 11.3 Å². The van der Waals surface area contributed by atoms with Crippen LogP contribution in [0.2, 0.25) is 0 Å². The van der Waals surface area contributed by atoms with Crippen LogP contribution in [0.5, 0.6) is 5.75 Å². The van der Waals surface area contributed by atoms with Gasteiger partial charge in [-0.05, 0) is 36.5 Å². The highest BCUT2D eigenvalue weighted by molar-refractivity contribution is 7.71. The number of hydrogen-bond donors (Lipinski definition) is 1. The van der Waals surface area contributed by atoms with Gasteiger partial charge in [0.15, 0.2) is 16.4 Å². The molecule has 1 heterocycles. The van der Waals surface area contributed by atoms with Crippen molar-refractivity contribution < 1.29 is 13.5 Å². The maximum absolute atomic E-state index is 14.0. The summed E-state index contributed by atoms with van der Waals surface area (Å²) in [5.41, 5.74) is 1.13. The van der Waals surface area contributed by atoms with Gasteiger partial charge in [0.2, 0.25) is 0 Å². The molecular formula is C14H10F2N2OS. The minimum Gasteiger partial charge on any atom is -0.497 e. The summed E-state index contributed by atoms with van der Waals surface area (Å²) in [7, 11) is 1.54. The van der Waals surface area contributed by atoms with E-state index in [4.69, 9.17) is 17.0 Å². The Hall–Kier alpha value is -2.21. The van der Waals surface area contributed by atoms with Crippen molar-refractivity contribution in [1.82, 2.24) is 9.55 Å². The van der Waals surface area contributed by atoms with E-state index in [-0.39, 0.29) is 10.3 Å². The van der Waals surface area contributed by atoms with E-state index < -0.39 is 11.6 Å². The maximum Gasteiger partial charge on any atom is 0.184 e. The standard InChI is InChI=1S/C14H10F2N2OS/c1-19-9-4-2-3-8(7-9)18-13-11(17-14(18)20)6-5-10(15)12(13)16/h2-7H,1H3,(H,17,20). The molecule has 3 rings (SSSR count). The number of nitrogens with zero attached hydrogens (tertiary/aromatic N) is 1. The molecule has 0 unspecified atom stereocenters. The van der Waals surface area contributed by atoms with Crippen molar-refractivity contribution in [2.75, 3.05) is 7.11 Å². The lowest BCUT2D eigenvalue weighted by Crippen LogP contribution is -1.98. The van der Waals surface area contributed by atoms with Crippen molar-refractivity contribution in [1.29, 1.82) is 0 Å². The molecule has 0 saturated heterocycles. The topological polar surface area (TPSA) is 29.9 Å². The fourth-order valence-corrected chi connectivity index (χ4v) is 2.43. The van der Waals surface area contributed by atoms with E-state index in [1.165, 1.54) is 17.7 Å². The number of rotatable bonds is 2. The molecule has 0 radical (unpaired) electrons. The molecule has 2 aromatic carbocycles. The molecule has 20 heavy (non-hydrogen) atoms. The zero-order valence-electron chi connectivity index (χ0n) is 10.5. The summed E-state index contributed by atoms with van der Waals surface area (Å²) >= 11 is 5.19. The molecule has 102 valence electrons. The minimum atomic E-state index is -0.933. The monoisotopic (exact) mass is 292 g/mol. The number of aromatic amines is 1. The number of aromatic nitrogens is 2. The Balaban J connectivity index is 2.38. The number of benzene rings is 2. The quantitative estimate of drug-likeness (QED) is 0.724. The molecule has 3 aromatic rings. The van der Waals surface area contributed by atoms with Crippen molar-refractivity contribution in [3.8, 4) is 11.4 Å². The molecule has 0 amide bonds. The third-order valence-electron chi connectivity index (χ3n) is 3.05. The average Bonchev–Trinajstić information content (AvgIpc) is 2.80. The lowest BCUT2D eigenvalue weighted by atomic mass is 10.2. The predicted octanol–water partition coefficient (Wildman–Crippen LogP) is 3.97. The van der Waals surface area contributed by atoms with Crippen molar-refractivity contribution in [2.45, 2.75) is 0 Å². The highest BCUT2D eigenvalue weighted by Crippen LogP contribution is 2.25. The third-order valence-corrected chi connectivity index (χ3v) is 3.33. The highest BCUT2D eigenvalue weighted by atomic mass is 32.1. The minimum absolute atomic E-state index is 0.0863. The Morgan fingerprint density at radius 2 is 2.00 bits per heavy atom. The van der Waals surface area contributed by atoms with Crippen LogP contribution in [0, 0.1) is 16.4 Å². The second-order valence-electron chi connectivity index (χ2n) is 4.22. The number of H-pyrrole nitrogens is 1. The normalized spacial score (nSPS) is 10.9. The van der Waals surface area contributed by atoms with Crippen LogP contribution in [0.25, 0.3) is 16.7 Å². The zero-order valence-corrected chi connectivity index (χ0v) is 11.3. The van der Waals surface area contributed by atoms with Gasteiger partial charge in [-0.15, -0.1) is 0 Å². The maximum atomic E-state index is 14.0. The molecule has 0 spiro atoms. The number of nitrogens with one attached hydrogen (secondary N) is 1. The van der Waals surface area contributed by atoms with E-state index in [0.717, 1.165) is 6.07 Å². The molecule has 1 aromatic heterocycles. The van der Waals surface area contributed by atoms with Gasteiger partial charge >= 0.3 is 0 Å². The molecule has 1 N–H and O–H groups in total. The first-order valence-electron chi connectivity index (χ1n) is 5.85. The van der Waals surface area contributed by atoms with E-state index in [9.17, 15) is 8.78 Å². The fourth-order valence-electron chi connectivity index (χ4n) is 2.13. The van der Waals surface area contributed by atoms with Gasteiger partial charge in [0, 0.05) is 6.07 Å². The van der Waals surface area contributed by atoms with Crippen LogP contribution in [0.4, 0.5) is 8.78 Å². The number of fused-ring (bicyclic) bond motifs is 1. The van der Waals surface area contributed by atoms with Crippen LogP contribution < -0.4 is 4.74 Å². The van der Waals surface area contributed by atoms with E-state index >= 15 is 0 Å². The number of ether oxygens (including phenoxy) is 1. The molecule has 0 saturated carbocycles. The molecule has 0 fully saturated rings. The number of methoxy groups -OCH3 is 1. The molecule has 0 atom stereocenters. The smallest absolute Gasteiger partial charge is 0.184 e. The molecule has 0 bridgehead atoms. The SMILES string of the molecule is COc1cccc(-n2c(=S)[nH]c3ccc(F)c(F)c32)c1. The van der Waals surface area contributed by atoms with Crippen LogP contribution >= 0.6 is 12.2 Å². The van der Waals surface area contributed by atoms with Gasteiger partial charge in [-0.3, -0.25) is 4.57 Å². The highest BCUT2D eigenvalue weighted by Gasteiger charge is 2.15. The molecule has 0 aliphatic heterocycles. The molecule has 3 nitrogen and oxygen atoms in total. The van der Waals surface area contributed by atoms with E-state index in [1.807, 2.05) is 0 Å². The number of hydrogen-bond acceptors (Lipinski definition) is 2. The van der Waals surface area contributed by atoms with Gasteiger partial charge < -0.3 is 9.72 Å². The molecular weight excluding hydrogens is 282 g/mol. The lowest BCUT2D eigenvalue weighted by molar-refractivity contribution is 0.414. The van der Waals surface area contributed by atoms with Crippen LogP contribution in [-0.4, -0.2) is 16.7 Å². The first kappa shape index (κ1) is 12.8. The van der Waals surface area contributed by atoms with Gasteiger partial charge in [0.25, 0.3) is 0 Å². The fraction of sp³-hybridized carbons (Fsp3) is 0.0714. The van der Waals surface area contributed by atoms with E-state index in [0.29, 0.717) is 17.0 Å². The van der Waals surface area contributed by atoms with Gasteiger partial charge in [-0.25, -0.2) is 8.78 Å². The summed E-state index contributed by atoms with van der Waals surface area (Å²) in [5.74, 6) is -1.24. The molecule has 0 aliphatic carbocycles. The van der Waals surface area contributed by atoms with Gasteiger partial charge in [-0.2, -0.15) is 0 Å². The summed E-state index contributed by atoms with van der Waals surface area (Å²) in [4.78, 5) is 2.86. The van der Waals surface area contributed by atoms with Crippen molar-refractivity contribution >= 4 is 23.3 Å². The summed E-state index contributed by atoms with van der Waals surface area (Å²) in [5, 5.41) is 0. The van der Waals surface area contributed by atoms with Crippen molar-refractivity contribution in [3.63, 3.8) is 0 Å². The van der Waals surface area contributed by atoms with Crippen LogP contribution in [0.1, 0.15) is 0 Å².